The van der Waals surface area contributed by atoms with Gasteiger partial charge in [-0.15, -0.1) is 0 Å². The van der Waals surface area contributed by atoms with Crippen molar-refractivity contribution >= 4 is 35.9 Å². The third kappa shape index (κ3) is 7.15. The van der Waals surface area contributed by atoms with E-state index in [0.717, 1.165) is 5.56 Å². The van der Waals surface area contributed by atoms with Crippen LogP contribution in [-0.4, -0.2) is 55.6 Å². The van der Waals surface area contributed by atoms with Gasteiger partial charge >= 0.3 is 17.9 Å². The van der Waals surface area contributed by atoms with E-state index in [1.165, 1.54) is 32.2 Å². The second kappa shape index (κ2) is 13.8. The van der Waals surface area contributed by atoms with Gasteiger partial charge in [-0.2, -0.15) is 0 Å². The van der Waals surface area contributed by atoms with Gasteiger partial charge in [0.2, 0.25) is 12.5 Å². The molecule has 42 heavy (non-hydrogen) atoms. The first kappa shape index (κ1) is 31.9. The fraction of sp³-hybridized carbons (Fsp3) is 0.387. The predicted octanol–water partition coefficient (Wildman–Crippen LogP) is 3.57. The number of esters is 3. The number of carbonyl (C=O) groups is 5. The van der Waals surface area contributed by atoms with Crippen LogP contribution < -0.4 is 15.4 Å². The highest BCUT2D eigenvalue weighted by atomic mass is 16.6. The molecule has 1 aliphatic rings. The third-order valence-electron chi connectivity index (χ3n) is 6.86. The lowest BCUT2D eigenvalue weighted by Crippen LogP contribution is -2.44. The summed E-state index contributed by atoms with van der Waals surface area (Å²) in [5, 5.41) is 4.92. The van der Waals surface area contributed by atoms with Crippen LogP contribution in [0.5, 0.6) is 5.75 Å². The van der Waals surface area contributed by atoms with Crippen LogP contribution in [0.15, 0.2) is 60.3 Å². The molecule has 3 unspecified atom stereocenters. The third-order valence-corrected chi connectivity index (χ3v) is 6.86. The highest BCUT2D eigenvalue weighted by molar-refractivity contribution is 6.04. The maximum atomic E-state index is 13.4. The minimum absolute atomic E-state index is 0.0499. The zero-order valence-electron chi connectivity index (χ0n) is 24.5. The molecule has 0 radical (unpaired) electrons. The molecule has 0 spiro atoms. The number of hydrogen-bond donors (Lipinski definition) is 2. The molecule has 0 aromatic heterocycles. The zero-order valence-corrected chi connectivity index (χ0v) is 24.5. The van der Waals surface area contributed by atoms with E-state index in [9.17, 15) is 24.0 Å². The molecule has 11 nitrogen and oxygen atoms in total. The van der Waals surface area contributed by atoms with Crippen molar-refractivity contribution in [2.45, 2.75) is 59.4 Å². The summed E-state index contributed by atoms with van der Waals surface area (Å²) in [4.78, 5) is 63.1. The lowest BCUT2D eigenvalue weighted by Gasteiger charge is -2.28. The van der Waals surface area contributed by atoms with Crippen molar-refractivity contribution in [1.82, 2.24) is 5.32 Å². The van der Waals surface area contributed by atoms with Gasteiger partial charge in [-0.3, -0.25) is 14.4 Å². The van der Waals surface area contributed by atoms with Crippen molar-refractivity contribution in [3.63, 3.8) is 0 Å². The molecule has 0 bridgehead atoms. The van der Waals surface area contributed by atoms with E-state index >= 15 is 0 Å². The number of cyclic esters (lactones) is 1. The van der Waals surface area contributed by atoms with E-state index in [4.69, 9.17) is 18.9 Å². The summed E-state index contributed by atoms with van der Waals surface area (Å²) >= 11 is 0. The number of allylic oxidation sites excluding steroid dienone is 1. The Hall–Kier alpha value is -4.67. The number of anilines is 1. The standard InChI is InChI=1S/C31H36N2O9/c1-7-21(33-27(35)20-14-11-15-22(32-17-34)25(20)39-6)28(36)41-24(18(2)3)29(37)42-26-23(40-30(38)31(26,4)5)16-19-12-9-8-10-13-19/h7-15,17-18,23-24,26H,16H2,1-6H3,(H,32,34)(H,33,35)/b21-7+. The first-order valence-corrected chi connectivity index (χ1v) is 13.5. The van der Waals surface area contributed by atoms with Crippen molar-refractivity contribution in [2.24, 2.45) is 11.3 Å². The van der Waals surface area contributed by atoms with Crippen LogP contribution >= 0.6 is 0 Å². The fourth-order valence-electron chi connectivity index (χ4n) is 4.52. The highest BCUT2D eigenvalue weighted by Gasteiger charge is 2.54. The summed E-state index contributed by atoms with van der Waals surface area (Å²) in [6, 6.07) is 13.9. The van der Waals surface area contributed by atoms with Crippen molar-refractivity contribution in [3.05, 3.63) is 71.4 Å². The van der Waals surface area contributed by atoms with Crippen LogP contribution in [0, 0.1) is 11.3 Å². The zero-order chi connectivity index (χ0) is 31.0. The van der Waals surface area contributed by atoms with Crippen LogP contribution in [0.25, 0.3) is 0 Å². The van der Waals surface area contributed by atoms with E-state index < -0.39 is 53.5 Å². The number of rotatable bonds is 12. The Morgan fingerprint density at radius 3 is 2.36 bits per heavy atom. The average Bonchev–Trinajstić information content (AvgIpc) is 3.16. The van der Waals surface area contributed by atoms with E-state index in [2.05, 4.69) is 10.6 Å². The highest BCUT2D eigenvalue weighted by Crippen LogP contribution is 2.38. The topological polar surface area (TPSA) is 146 Å². The molecule has 2 aromatic carbocycles. The smallest absolute Gasteiger partial charge is 0.355 e. The fourth-order valence-corrected chi connectivity index (χ4v) is 4.52. The van der Waals surface area contributed by atoms with Crippen molar-refractivity contribution in [1.29, 1.82) is 0 Å². The predicted molar refractivity (Wildman–Crippen MR) is 152 cm³/mol. The Bertz CT molecular complexity index is 1350. The summed E-state index contributed by atoms with van der Waals surface area (Å²) in [5.74, 6) is -3.43. The molecule has 224 valence electrons. The maximum Gasteiger partial charge on any atom is 0.355 e. The number of para-hydroxylation sites is 1. The SMILES string of the molecule is C/C=C(/NC(=O)c1cccc(NC=O)c1OC)C(=O)OC(C(=O)OC1C(Cc2ccccc2)OC(=O)C1(C)C)C(C)C. The lowest BCUT2D eigenvalue weighted by atomic mass is 9.84. The summed E-state index contributed by atoms with van der Waals surface area (Å²) in [5.41, 5.74) is -0.145. The normalized spacial score (nSPS) is 18.5. The molecule has 2 amide bonds. The van der Waals surface area contributed by atoms with E-state index in [-0.39, 0.29) is 22.7 Å². The summed E-state index contributed by atoms with van der Waals surface area (Å²) in [7, 11) is 1.33. The first-order chi connectivity index (χ1) is 19.9. The van der Waals surface area contributed by atoms with Gasteiger partial charge in [0.25, 0.3) is 5.91 Å². The molecule has 1 heterocycles. The van der Waals surface area contributed by atoms with Crippen LogP contribution in [0.3, 0.4) is 0 Å². The van der Waals surface area contributed by atoms with E-state index in [1.807, 2.05) is 30.3 Å². The molecular formula is C31H36N2O9. The van der Waals surface area contributed by atoms with Gasteiger partial charge < -0.3 is 29.6 Å². The van der Waals surface area contributed by atoms with Crippen molar-refractivity contribution < 1.29 is 42.9 Å². The molecule has 3 atom stereocenters. The quantitative estimate of drug-likeness (QED) is 0.166. The molecule has 1 saturated heterocycles. The van der Waals surface area contributed by atoms with Gasteiger partial charge in [-0.25, -0.2) is 9.59 Å². The van der Waals surface area contributed by atoms with Crippen LogP contribution in [-0.2, 0) is 39.8 Å². The van der Waals surface area contributed by atoms with Gasteiger partial charge in [-0.1, -0.05) is 56.3 Å². The Labute approximate surface area is 244 Å². The lowest BCUT2D eigenvalue weighted by molar-refractivity contribution is -0.177. The number of ether oxygens (including phenoxy) is 4. The Morgan fingerprint density at radius 2 is 1.76 bits per heavy atom. The Balaban J connectivity index is 1.75. The number of carbonyl (C=O) groups excluding carboxylic acids is 5. The molecule has 2 N–H and O–H groups in total. The van der Waals surface area contributed by atoms with Crippen LogP contribution in [0.2, 0.25) is 0 Å². The largest absolute Gasteiger partial charge is 0.494 e. The van der Waals surface area contributed by atoms with Gasteiger partial charge in [0, 0.05) is 12.3 Å². The molecule has 2 aromatic rings. The average molecular weight is 581 g/mol. The second-order valence-corrected chi connectivity index (χ2v) is 10.6. The monoisotopic (exact) mass is 580 g/mol. The van der Waals surface area contributed by atoms with Crippen molar-refractivity contribution in [3.8, 4) is 5.75 Å². The number of hydrogen-bond acceptors (Lipinski definition) is 9. The molecule has 3 rings (SSSR count). The molecule has 0 aliphatic carbocycles. The minimum atomic E-state index is -1.34. The number of benzene rings is 2. The van der Waals surface area contributed by atoms with Crippen molar-refractivity contribution in [2.75, 3.05) is 12.4 Å². The number of amides is 2. The molecule has 11 heteroatoms. The van der Waals surface area contributed by atoms with Gasteiger partial charge in [0.1, 0.15) is 17.2 Å². The van der Waals surface area contributed by atoms with Crippen LogP contribution in [0.4, 0.5) is 5.69 Å². The van der Waals surface area contributed by atoms with E-state index in [1.54, 1.807) is 33.8 Å². The summed E-state index contributed by atoms with van der Waals surface area (Å²) in [6.45, 7) is 8.13. The molecule has 1 aliphatic heterocycles. The molecular weight excluding hydrogens is 544 g/mol. The Kier molecular flexibility index (Phi) is 10.5. The van der Waals surface area contributed by atoms with Crippen LogP contribution in [0.1, 0.15) is 50.5 Å². The molecule has 1 fully saturated rings. The minimum Gasteiger partial charge on any atom is -0.494 e. The van der Waals surface area contributed by atoms with E-state index in [0.29, 0.717) is 12.8 Å². The van der Waals surface area contributed by atoms with Gasteiger partial charge in [0.15, 0.2) is 11.9 Å². The second-order valence-electron chi connectivity index (χ2n) is 10.6. The number of nitrogens with one attached hydrogen (secondary N) is 2. The maximum absolute atomic E-state index is 13.4. The first-order valence-electron chi connectivity index (χ1n) is 13.5. The molecule has 0 saturated carbocycles. The summed E-state index contributed by atoms with van der Waals surface area (Å²) in [6.07, 6.45) is -0.904. The summed E-state index contributed by atoms with van der Waals surface area (Å²) < 4.78 is 22.2. The Morgan fingerprint density at radius 1 is 1.07 bits per heavy atom. The number of methoxy groups -OCH3 is 1. The van der Waals surface area contributed by atoms with Gasteiger partial charge in [0.05, 0.1) is 18.4 Å². The van der Waals surface area contributed by atoms with Gasteiger partial charge in [-0.05, 0) is 38.5 Å².